The molecule has 0 saturated heterocycles. The van der Waals surface area contributed by atoms with Gasteiger partial charge in [-0.15, -0.1) is 11.3 Å². The number of thiophene rings is 1. The van der Waals surface area contributed by atoms with Gasteiger partial charge in [-0.05, 0) is 34.1 Å². The molecule has 0 unspecified atom stereocenters. The second kappa shape index (κ2) is 5.25. The molecule has 0 atom stereocenters. The van der Waals surface area contributed by atoms with E-state index in [-0.39, 0.29) is 16.6 Å². The number of nitrogens with one attached hydrogen (secondary N) is 1. The van der Waals surface area contributed by atoms with E-state index in [9.17, 15) is 14.9 Å². The van der Waals surface area contributed by atoms with Crippen LogP contribution in [0.1, 0.15) is 10.4 Å². The second-order valence-corrected chi connectivity index (χ2v) is 6.55. The van der Waals surface area contributed by atoms with Gasteiger partial charge in [-0.1, -0.05) is 11.6 Å². The van der Waals surface area contributed by atoms with Crippen LogP contribution in [-0.2, 0) is 4.79 Å². The molecule has 5 nitrogen and oxygen atoms in total. The van der Waals surface area contributed by atoms with Crippen molar-refractivity contribution in [1.82, 2.24) is 0 Å². The van der Waals surface area contributed by atoms with E-state index in [0.717, 1.165) is 9.35 Å². The second-order valence-electron chi connectivity index (χ2n) is 4.29. The van der Waals surface area contributed by atoms with Crippen LogP contribution in [0, 0.1) is 10.1 Å². The van der Waals surface area contributed by atoms with Gasteiger partial charge >= 0.3 is 0 Å². The van der Waals surface area contributed by atoms with Gasteiger partial charge in [0.05, 0.1) is 16.2 Å². The standard InChI is InChI=1S/C13H6BrClN2O3S/c14-6-1-7(21-5-6)2-9-8-3-12(17(19)20)10(15)4-11(8)16-13(9)18/h1-5H,(H,16,18)/b9-2+. The molecule has 0 bridgehead atoms. The summed E-state index contributed by atoms with van der Waals surface area (Å²) in [6.07, 6.45) is 1.70. The van der Waals surface area contributed by atoms with E-state index in [1.165, 1.54) is 23.5 Å². The topological polar surface area (TPSA) is 72.2 Å². The fourth-order valence-electron chi connectivity index (χ4n) is 2.03. The summed E-state index contributed by atoms with van der Waals surface area (Å²) in [5.41, 5.74) is 1.14. The molecule has 1 amide bonds. The van der Waals surface area contributed by atoms with E-state index in [0.29, 0.717) is 16.8 Å². The van der Waals surface area contributed by atoms with Crippen molar-refractivity contribution in [3.05, 3.63) is 53.6 Å². The summed E-state index contributed by atoms with van der Waals surface area (Å²) in [5, 5.41) is 15.5. The Bertz CT molecular complexity index is 816. The van der Waals surface area contributed by atoms with E-state index in [4.69, 9.17) is 11.6 Å². The lowest BCUT2D eigenvalue weighted by molar-refractivity contribution is -0.384. The van der Waals surface area contributed by atoms with Gasteiger partial charge in [-0.25, -0.2) is 0 Å². The average molecular weight is 386 g/mol. The summed E-state index contributed by atoms with van der Waals surface area (Å²) in [6, 6.07) is 4.59. The lowest BCUT2D eigenvalue weighted by atomic mass is 10.1. The van der Waals surface area contributed by atoms with Crippen molar-refractivity contribution in [3.8, 4) is 0 Å². The van der Waals surface area contributed by atoms with E-state index < -0.39 is 4.92 Å². The molecule has 21 heavy (non-hydrogen) atoms. The summed E-state index contributed by atoms with van der Waals surface area (Å²) in [7, 11) is 0. The zero-order valence-corrected chi connectivity index (χ0v) is 13.4. The predicted octanol–water partition coefficient (Wildman–Crippen LogP) is 4.56. The Hall–Kier alpha value is -1.70. The summed E-state index contributed by atoms with van der Waals surface area (Å²) < 4.78 is 0.917. The van der Waals surface area contributed by atoms with E-state index >= 15 is 0 Å². The monoisotopic (exact) mass is 384 g/mol. The van der Waals surface area contributed by atoms with Crippen LogP contribution in [-0.4, -0.2) is 10.8 Å². The molecule has 2 aromatic rings. The number of carbonyl (C=O) groups is 1. The number of anilines is 1. The number of nitro benzene ring substituents is 1. The average Bonchev–Trinajstić information content (AvgIpc) is 2.93. The minimum Gasteiger partial charge on any atom is -0.321 e. The number of carbonyl (C=O) groups excluding carboxylic acids is 1. The Kier molecular flexibility index (Phi) is 3.56. The Morgan fingerprint density at radius 2 is 2.14 bits per heavy atom. The Balaban J connectivity index is 2.14. The minimum atomic E-state index is -0.565. The molecule has 8 heteroatoms. The number of hydrogen-bond acceptors (Lipinski definition) is 4. The lowest BCUT2D eigenvalue weighted by Crippen LogP contribution is -2.03. The number of nitrogens with zero attached hydrogens (tertiary/aromatic N) is 1. The van der Waals surface area contributed by atoms with E-state index in [1.807, 2.05) is 11.4 Å². The third kappa shape index (κ3) is 2.59. The van der Waals surface area contributed by atoms with Crippen molar-refractivity contribution in [1.29, 1.82) is 0 Å². The molecule has 2 heterocycles. The first-order valence-electron chi connectivity index (χ1n) is 5.71. The molecular formula is C13H6BrClN2O3S. The summed E-state index contributed by atoms with van der Waals surface area (Å²) in [6.45, 7) is 0. The Morgan fingerprint density at radius 1 is 1.38 bits per heavy atom. The highest BCUT2D eigenvalue weighted by atomic mass is 79.9. The number of fused-ring (bicyclic) bond motifs is 1. The van der Waals surface area contributed by atoms with Gasteiger partial charge in [-0.3, -0.25) is 14.9 Å². The normalized spacial score (nSPS) is 15.1. The molecule has 3 rings (SSSR count). The molecule has 0 spiro atoms. The fraction of sp³-hybridized carbons (Fsp3) is 0. The highest BCUT2D eigenvalue weighted by Crippen LogP contribution is 2.40. The van der Waals surface area contributed by atoms with Crippen LogP contribution < -0.4 is 5.32 Å². The summed E-state index contributed by atoms with van der Waals surface area (Å²) in [4.78, 5) is 23.3. The Morgan fingerprint density at radius 3 is 2.76 bits per heavy atom. The third-order valence-electron chi connectivity index (χ3n) is 2.94. The van der Waals surface area contributed by atoms with Crippen molar-refractivity contribution in [3.63, 3.8) is 0 Å². The van der Waals surface area contributed by atoms with Crippen molar-refractivity contribution in [2.45, 2.75) is 0 Å². The molecule has 1 aromatic heterocycles. The molecule has 0 fully saturated rings. The van der Waals surface area contributed by atoms with Crippen molar-refractivity contribution >= 4 is 67.8 Å². The van der Waals surface area contributed by atoms with Crippen LogP contribution >= 0.6 is 38.9 Å². The van der Waals surface area contributed by atoms with Gasteiger partial charge in [0.15, 0.2) is 0 Å². The lowest BCUT2D eigenvalue weighted by Gasteiger charge is -2.00. The van der Waals surface area contributed by atoms with Crippen molar-refractivity contribution in [2.75, 3.05) is 5.32 Å². The Labute approximate surface area is 136 Å². The van der Waals surface area contributed by atoms with Crippen LogP contribution in [0.25, 0.3) is 11.6 Å². The SMILES string of the molecule is O=C1Nc2cc(Cl)c([N+](=O)[O-])cc2/C1=C\c1cc(Br)cs1. The van der Waals surface area contributed by atoms with Gasteiger partial charge in [0.2, 0.25) is 0 Å². The molecule has 1 aliphatic heterocycles. The van der Waals surface area contributed by atoms with Crippen LogP contribution in [0.4, 0.5) is 11.4 Å². The molecule has 1 aromatic carbocycles. The maximum Gasteiger partial charge on any atom is 0.288 e. The van der Waals surface area contributed by atoms with Crippen LogP contribution in [0.2, 0.25) is 5.02 Å². The van der Waals surface area contributed by atoms with Crippen LogP contribution in [0.3, 0.4) is 0 Å². The summed E-state index contributed by atoms with van der Waals surface area (Å²) >= 11 is 10.7. The third-order valence-corrected chi connectivity index (χ3v) is 4.88. The van der Waals surface area contributed by atoms with E-state index in [1.54, 1.807) is 6.08 Å². The number of benzene rings is 1. The predicted molar refractivity (Wildman–Crippen MR) is 86.6 cm³/mol. The molecule has 0 aliphatic carbocycles. The van der Waals surface area contributed by atoms with Crippen molar-refractivity contribution < 1.29 is 9.72 Å². The largest absolute Gasteiger partial charge is 0.321 e. The first-order chi connectivity index (χ1) is 9.95. The number of amides is 1. The molecule has 106 valence electrons. The van der Waals surface area contributed by atoms with Crippen LogP contribution in [0.5, 0.6) is 0 Å². The van der Waals surface area contributed by atoms with Gasteiger partial charge in [0.25, 0.3) is 11.6 Å². The van der Waals surface area contributed by atoms with Gasteiger partial charge in [0, 0.05) is 26.4 Å². The molecular weight excluding hydrogens is 380 g/mol. The summed E-state index contributed by atoms with van der Waals surface area (Å²) in [5.74, 6) is -0.300. The maximum atomic E-state index is 12.0. The molecule has 0 radical (unpaired) electrons. The zero-order valence-electron chi connectivity index (χ0n) is 10.2. The van der Waals surface area contributed by atoms with Crippen molar-refractivity contribution in [2.24, 2.45) is 0 Å². The van der Waals surface area contributed by atoms with Gasteiger partial charge < -0.3 is 5.32 Å². The number of nitro groups is 1. The van der Waals surface area contributed by atoms with Crippen LogP contribution in [0.15, 0.2) is 28.1 Å². The maximum absolute atomic E-state index is 12.0. The number of halogens is 2. The number of rotatable bonds is 2. The molecule has 1 N–H and O–H groups in total. The highest BCUT2D eigenvalue weighted by molar-refractivity contribution is 9.10. The first kappa shape index (κ1) is 14.2. The molecule has 1 aliphatic rings. The zero-order chi connectivity index (χ0) is 15.1. The first-order valence-corrected chi connectivity index (χ1v) is 7.76. The number of hydrogen-bond donors (Lipinski definition) is 1. The minimum absolute atomic E-state index is 0.000770. The van der Waals surface area contributed by atoms with Gasteiger partial charge in [-0.2, -0.15) is 0 Å². The van der Waals surface area contributed by atoms with E-state index in [2.05, 4.69) is 21.2 Å². The highest BCUT2D eigenvalue weighted by Gasteiger charge is 2.28. The fourth-order valence-corrected chi connectivity index (χ4v) is 3.64. The molecule has 0 saturated carbocycles. The smallest absolute Gasteiger partial charge is 0.288 e. The quantitative estimate of drug-likeness (QED) is 0.468. The van der Waals surface area contributed by atoms with Gasteiger partial charge in [0.1, 0.15) is 5.02 Å².